The molecular weight excluding hydrogens is 270 g/mol. The Kier molecular flexibility index (Phi) is 3.08. The number of aromatic carboxylic acids is 1. The van der Waals surface area contributed by atoms with Gasteiger partial charge in [0.25, 0.3) is 0 Å². The molecule has 0 radical (unpaired) electrons. The Labute approximate surface area is 122 Å². The van der Waals surface area contributed by atoms with Gasteiger partial charge in [0, 0.05) is 0 Å². The minimum atomic E-state index is -1.07. The van der Waals surface area contributed by atoms with Crippen molar-refractivity contribution in [3.8, 4) is 0 Å². The first kappa shape index (κ1) is 13.8. The Morgan fingerprint density at radius 1 is 1.19 bits per heavy atom. The quantitative estimate of drug-likeness (QED) is 0.846. The number of carbonyl (C=O) groups excluding carboxylic acids is 2. The summed E-state index contributed by atoms with van der Waals surface area (Å²) in [5.74, 6) is -1.51. The fraction of sp³-hybridized carbons (Fsp3) is 0.438. The number of hydrogen-bond donors (Lipinski definition) is 1. The molecule has 5 nitrogen and oxygen atoms in total. The molecule has 0 spiro atoms. The molecule has 1 N–H and O–H groups in total. The van der Waals surface area contributed by atoms with Crippen LogP contribution in [0.1, 0.15) is 35.7 Å². The summed E-state index contributed by atoms with van der Waals surface area (Å²) in [6.07, 6.45) is 1.48. The normalized spacial score (nSPS) is 28.1. The maximum Gasteiger partial charge on any atom is 0.335 e. The van der Waals surface area contributed by atoms with Crippen LogP contribution in [0.3, 0.4) is 0 Å². The lowest BCUT2D eigenvalue weighted by Crippen LogP contribution is -2.32. The maximum absolute atomic E-state index is 12.5. The van der Waals surface area contributed by atoms with Gasteiger partial charge in [-0.25, -0.2) is 9.69 Å². The predicted molar refractivity (Wildman–Crippen MR) is 76.0 cm³/mol. The van der Waals surface area contributed by atoms with Crippen molar-refractivity contribution in [2.75, 3.05) is 4.90 Å². The summed E-state index contributed by atoms with van der Waals surface area (Å²) in [5.41, 5.74) is 1.23. The molecule has 1 aromatic carbocycles. The van der Waals surface area contributed by atoms with Crippen LogP contribution < -0.4 is 4.90 Å². The van der Waals surface area contributed by atoms with E-state index in [1.165, 1.54) is 17.0 Å². The number of aryl methyl sites for hydroxylation is 1. The lowest BCUT2D eigenvalue weighted by Gasteiger charge is -2.19. The average Bonchev–Trinajstić information content (AvgIpc) is 2.90. The minimum absolute atomic E-state index is 0.0848. The third-order valence-electron chi connectivity index (χ3n) is 4.57. The van der Waals surface area contributed by atoms with Crippen LogP contribution in [0.25, 0.3) is 0 Å². The number of rotatable bonds is 2. The molecule has 0 bridgehead atoms. The van der Waals surface area contributed by atoms with Crippen LogP contribution in [-0.4, -0.2) is 22.9 Å². The van der Waals surface area contributed by atoms with Crippen LogP contribution in [0.2, 0.25) is 0 Å². The molecule has 3 rings (SSSR count). The number of anilines is 1. The zero-order valence-electron chi connectivity index (χ0n) is 12.0. The van der Waals surface area contributed by atoms with Gasteiger partial charge in [-0.1, -0.05) is 13.0 Å². The van der Waals surface area contributed by atoms with E-state index < -0.39 is 5.97 Å². The highest BCUT2D eigenvalue weighted by atomic mass is 16.4. The Balaban J connectivity index is 2.02. The van der Waals surface area contributed by atoms with E-state index in [0.717, 1.165) is 18.4 Å². The molecule has 1 aromatic rings. The number of hydrogen-bond acceptors (Lipinski definition) is 3. The molecule has 2 fully saturated rings. The summed E-state index contributed by atoms with van der Waals surface area (Å²) >= 11 is 0. The van der Waals surface area contributed by atoms with Gasteiger partial charge in [0.1, 0.15) is 0 Å². The van der Waals surface area contributed by atoms with Crippen molar-refractivity contribution in [2.45, 2.75) is 26.7 Å². The molecule has 21 heavy (non-hydrogen) atoms. The SMILES string of the molecule is Cc1ccc(C(=O)O)cc1N1C(=O)C2CC(C)CC2C1=O. The zero-order valence-corrected chi connectivity index (χ0v) is 12.0. The average molecular weight is 287 g/mol. The Bertz CT molecular complexity index is 628. The van der Waals surface area contributed by atoms with Crippen LogP contribution in [-0.2, 0) is 9.59 Å². The summed E-state index contributed by atoms with van der Waals surface area (Å²) in [6.45, 7) is 3.83. The van der Waals surface area contributed by atoms with Crippen LogP contribution >= 0.6 is 0 Å². The van der Waals surface area contributed by atoms with Crippen LogP contribution in [0.5, 0.6) is 0 Å². The molecule has 5 heteroatoms. The van der Waals surface area contributed by atoms with Crippen LogP contribution in [0.4, 0.5) is 5.69 Å². The molecule has 1 heterocycles. The van der Waals surface area contributed by atoms with E-state index in [0.29, 0.717) is 11.6 Å². The third-order valence-corrected chi connectivity index (χ3v) is 4.57. The number of benzene rings is 1. The first-order valence-electron chi connectivity index (χ1n) is 7.12. The molecule has 2 aliphatic rings. The standard InChI is InChI=1S/C16H17NO4/c1-8-5-11-12(6-8)15(19)17(14(11)18)13-7-10(16(20)21)4-3-9(13)2/h3-4,7-8,11-12H,5-6H2,1-2H3,(H,20,21). The molecule has 1 saturated heterocycles. The van der Waals surface area contributed by atoms with Gasteiger partial charge in [0.05, 0.1) is 23.1 Å². The van der Waals surface area contributed by atoms with Crippen molar-refractivity contribution < 1.29 is 19.5 Å². The number of carboxylic acid groups (broad SMARTS) is 1. The van der Waals surface area contributed by atoms with Crippen molar-refractivity contribution >= 4 is 23.5 Å². The Morgan fingerprint density at radius 2 is 1.76 bits per heavy atom. The van der Waals surface area contributed by atoms with E-state index >= 15 is 0 Å². The monoisotopic (exact) mass is 287 g/mol. The van der Waals surface area contributed by atoms with Crippen molar-refractivity contribution in [3.63, 3.8) is 0 Å². The zero-order chi connectivity index (χ0) is 15.3. The maximum atomic E-state index is 12.5. The lowest BCUT2D eigenvalue weighted by molar-refractivity contribution is -0.123. The Morgan fingerprint density at radius 3 is 2.29 bits per heavy atom. The molecule has 2 atom stereocenters. The third kappa shape index (κ3) is 2.04. The molecule has 110 valence electrons. The van der Waals surface area contributed by atoms with Gasteiger partial charge in [-0.3, -0.25) is 9.59 Å². The van der Waals surface area contributed by atoms with Crippen molar-refractivity contribution in [2.24, 2.45) is 17.8 Å². The highest BCUT2D eigenvalue weighted by Gasteiger charge is 2.52. The van der Waals surface area contributed by atoms with Crippen molar-refractivity contribution in [1.82, 2.24) is 0 Å². The molecule has 1 aliphatic carbocycles. The van der Waals surface area contributed by atoms with Crippen molar-refractivity contribution in [3.05, 3.63) is 29.3 Å². The molecule has 1 aliphatic heterocycles. The van der Waals surface area contributed by atoms with E-state index in [-0.39, 0.29) is 29.2 Å². The van der Waals surface area contributed by atoms with Crippen LogP contribution in [0.15, 0.2) is 18.2 Å². The van der Waals surface area contributed by atoms with E-state index in [2.05, 4.69) is 6.92 Å². The first-order chi connectivity index (χ1) is 9.90. The fourth-order valence-corrected chi connectivity index (χ4v) is 3.50. The number of fused-ring (bicyclic) bond motifs is 1. The number of carboxylic acids is 1. The van der Waals surface area contributed by atoms with E-state index in [1.807, 2.05) is 0 Å². The topological polar surface area (TPSA) is 74.7 Å². The molecule has 1 saturated carbocycles. The summed E-state index contributed by atoms with van der Waals surface area (Å²) in [5, 5.41) is 9.08. The number of imide groups is 1. The van der Waals surface area contributed by atoms with Crippen molar-refractivity contribution in [1.29, 1.82) is 0 Å². The second kappa shape index (κ2) is 4.69. The largest absolute Gasteiger partial charge is 0.478 e. The van der Waals surface area contributed by atoms with Gasteiger partial charge in [0.15, 0.2) is 0 Å². The van der Waals surface area contributed by atoms with E-state index in [1.54, 1.807) is 13.0 Å². The van der Waals surface area contributed by atoms with Gasteiger partial charge >= 0.3 is 5.97 Å². The summed E-state index contributed by atoms with van der Waals surface area (Å²) in [4.78, 5) is 37.4. The fourth-order valence-electron chi connectivity index (χ4n) is 3.50. The van der Waals surface area contributed by atoms with E-state index in [4.69, 9.17) is 5.11 Å². The summed E-state index contributed by atoms with van der Waals surface area (Å²) in [6, 6.07) is 4.53. The smallest absolute Gasteiger partial charge is 0.335 e. The molecule has 2 unspecified atom stereocenters. The van der Waals surface area contributed by atoms with Gasteiger partial charge in [-0.15, -0.1) is 0 Å². The lowest BCUT2D eigenvalue weighted by atomic mass is 10.00. The highest BCUT2D eigenvalue weighted by Crippen LogP contribution is 2.44. The van der Waals surface area contributed by atoms with Gasteiger partial charge in [-0.2, -0.15) is 0 Å². The van der Waals surface area contributed by atoms with Gasteiger partial charge in [-0.05, 0) is 43.4 Å². The Hall–Kier alpha value is -2.17. The molecular formula is C16H17NO4. The second-order valence-corrected chi connectivity index (χ2v) is 6.11. The van der Waals surface area contributed by atoms with Gasteiger partial charge in [0.2, 0.25) is 11.8 Å². The summed E-state index contributed by atoms with van der Waals surface area (Å²) in [7, 11) is 0. The minimum Gasteiger partial charge on any atom is -0.478 e. The highest BCUT2D eigenvalue weighted by molar-refractivity contribution is 6.22. The molecule has 0 aromatic heterocycles. The van der Waals surface area contributed by atoms with E-state index in [9.17, 15) is 14.4 Å². The second-order valence-electron chi connectivity index (χ2n) is 6.11. The molecule has 2 amide bonds. The predicted octanol–water partition coefficient (Wildman–Crippen LogP) is 2.23. The van der Waals surface area contributed by atoms with Crippen LogP contribution in [0, 0.1) is 24.7 Å². The number of carbonyl (C=O) groups is 3. The number of amides is 2. The first-order valence-corrected chi connectivity index (χ1v) is 7.12. The summed E-state index contributed by atoms with van der Waals surface area (Å²) < 4.78 is 0. The number of nitrogens with zero attached hydrogens (tertiary/aromatic N) is 1. The van der Waals surface area contributed by atoms with Gasteiger partial charge < -0.3 is 5.11 Å².